The fourth-order valence-corrected chi connectivity index (χ4v) is 1.44. The van der Waals surface area contributed by atoms with Gasteiger partial charge in [-0.2, -0.15) is 0 Å². The number of hydrogen-bond donors (Lipinski definition) is 1. The van der Waals surface area contributed by atoms with Gasteiger partial charge in [0.1, 0.15) is 11.6 Å². The highest BCUT2D eigenvalue weighted by molar-refractivity contribution is 5.60. The van der Waals surface area contributed by atoms with E-state index in [0.717, 1.165) is 6.07 Å². The second kappa shape index (κ2) is 3.84. The zero-order chi connectivity index (χ0) is 11.7. The van der Waals surface area contributed by atoms with E-state index in [-0.39, 0.29) is 5.95 Å². The monoisotopic (exact) mass is 221 g/mol. The van der Waals surface area contributed by atoms with Gasteiger partial charge in [-0.25, -0.2) is 18.7 Å². The molecule has 1 aromatic heterocycles. The molecular formula is C11H9F2N3. The summed E-state index contributed by atoms with van der Waals surface area (Å²) in [6.07, 6.45) is 0. The molecule has 2 rings (SSSR count). The van der Waals surface area contributed by atoms with E-state index < -0.39 is 11.6 Å². The van der Waals surface area contributed by atoms with Gasteiger partial charge in [-0.3, -0.25) is 0 Å². The molecule has 0 radical (unpaired) electrons. The molecule has 1 aromatic carbocycles. The van der Waals surface area contributed by atoms with Crippen LogP contribution in [0.5, 0.6) is 0 Å². The lowest BCUT2D eigenvalue weighted by Crippen LogP contribution is -1.98. The lowest BCUT2D eigenvalue weighted by Gasteiger charge is -2.03. The van der Waals surface area contributed by atoms with Gasteiger partial charge in [-0.05, 0) is 25.1 Å². The van der Waals surface area contributed by atoms with Crippen LogP contribution in [0.2, 0.25) is 0 Å². The lowest BCUT2D eigenvalue weighted by atomic mass is 10.1. The average Bonchev–Trinajstić information content (AvgIpc) is 2.14. The average molecular weight is 221 g/mol. The van der Waals surface area contributed by atoms with Crippen LogP contribution in [0.15, 0.2) is 24.3 Å². The molecule has 1 heterocycles. The zero-order valence-electron chi connectivity index (χ0n) is 8.54. The number of hydrogen-bond acceptors (Lipinski definition) is 3. The van der Waals surface area contributed by atoms with Crippen molar-refractivity contribution in [3.8, 4) is 11.3 Å². The lowest BCUT2D eigenvalue weighted by molar-refractivity contribution is 0.584. The number of nitrogens with zero attached hydrogens (tertiary/aromatic N) is 2. The first-order valence-electron chi connectivity index (χ1n) is 4.62. The summed E-state index contributed by atoms with van der Waals surface area (Å²) in [6, 6.07) is 4.82. The molecule has 0 atom stereocenters. The third-order valence-electron chi connectivity index (χ3n) is 2.03. The molecule has 3 nitrogen and oxygen atoms in total. The topological polar surface area (TPSA) is 51.8 Å². The van der Waals surface area contributed by atoms with Gasteiger partial charge in [0.25, 0.3) is 0 Å². The third kappa shape index (κ3) is 2.13. The molecule has 0 saturated heterocycles. The second-order valence-electron chi connectivity index (χ2n) is 3.41. The van der Waals surface area contributed by atoms with Crippen molar-refractivity contribution in [2.75, 3.05) is 5.73 Å². The van der Waals surface area contributed by atoms with Crippen LogP contribution in [0.3, 0.4) is 0 Å². The molecule has 0 spiro atoms. The number of nitrogens with two attached hydrogens (primary N) is 1. The summed E-state index contributed by atoms with van der Waals surface area (Å²) in [5.41, 5.74) is 6.86. The molecular weight excluding hydrogens is 212 g/mol. The molecule has 0 amide bonds. The van der Waals surface area contributed by atoms with E-state index in [9.17, 15) is 8.78 Å². The maximum atomic E-state index is 13.0. The van der Waals surface area contributed by atoms with Crippen LogP contribution in [-0.2, 0) is 0 Å². The number of nitrogen functional groups attached to an aromatic ring is 1. The van der Waals surface area contributed by atoms with Gasteiger partial charge in [-0.15, -0.1) is 0 Å². The Morgan fingerprint density at radius 3 is 2.19 bits per heavy atom. The molecule has 0 fully saturated rings. The maximum absolute atomic E-state index is 13.0. The Bertz CT molecular complexity index is 451. The van der Waals surface area contributed by atoms with Crippen LogP contribution in [0, 0.1) is 18.6 Å². The van der Waals surface area contributed by atoms with E-state index in [1.807, 2.05) is 0 Å². The molecule has 0 bridgehead atoms. The maximum Gasteiger partial charge on any atom is 0.220 e. The third-order valence-corrected chi connectivity index (χ3v) is 2.03. The predicted octanol–water partition coefficient (Wildman–Crippen LogP) is 2.31. The molecule has 0 aliphatic rings. The van der Waals surface area contributed by atoms with E-state index in [1.165, 1.54) is 12.1 Å². The molecule has 82 valence electrons. The summed E-state index contributed by atoms with van der Waals surface area (Å²) in [5, 5.41) is 0. The van der Waals surface area contributed by atoms with Crippen molar-refractivity contribution in [1.82, 2.24) is 9.97 Å². The van der Waals surface area contributed by atoms with Crippen molar-refractivity contribution >= 4 is 5.95 Å². The number of rotatable bonds is 1. The van der Waals surface area contributed by atoms with Gasteiger partial charge in [0.05, 0.1) is 5.69 Å². The Kier molecular flexibility index (Phi) is 2.52. The summed E-state index contributed by atoms with van der Waals surface area (Å²) in [7, 11) is 0. The Morgan fingerprint density at radius 2 is 1.62 bits per heavy atom. The summed E-state index contributed by atoms with van der Waals surface area (Å²) in [5.74, 6) is -1.21. The fraction of sp³-hybridized carbons (Fsp3) is 0.0909. The van der Waals surface area contributed by atoms with Crippen molar-refractivity contribution in [1.29, 1.82) is 0 Å². The zero-order valence-corrected chi connectivity index (χ0v) is 8.54. The summed E-state index contributed by atoms with van der Waals surface area (Å²) in [6.45, 7) is 1.73. The van der Waals surface area contributed by atoms with Crippen molar-refractivity contribution in [2.24, 2.45) is 0 Å². The van der Waals surface area contributed by atoms with Gasteiger partial charge >= 0.3 is 0 Å². The Labute approximate surface area is 91.0 Å². The number of halogens is 2. The highest BCUT2D eigenvalue weighted by atomic mass is 19.1. The van der Waals surface area contributed by atoms with Gasteiger partial charge in [0.2, 0.25) is 5.95 Å². The Morgan fingerprint density at radius 1 is 1.00 bits per heavy atom. The van der Waals surface area contributed by atoms with E-state index in [1.54, 1.807) is 13.0 Å². The minimum Gasteiger partial charge on any atom is -0.368 e. The SMILES string of the molecule is Cc1cc(-c2cc(F)cc(F)c2)nc(N)n1. The minimum absolute atomic E-state index is 0.0830. The standard InChI is InChI=1S/C11H9F2N3/c1-6-2-10(16-11(14)15-6)7-3-8(12)5-9(13)4-7/h2-5H,1H3,(H2,14,15,16). The normalized spacial score (nSPS) is 10.4. The van der Waals surface area contributed by atoms with Crippen LogP contribution < -0.4 is 5.73 Å². The summed E-state index contributed by atoms with van der Waals surface area (Å²) < 4.78 is 26.0. The molecule has 0 saturated carbocycles. The Balaban J connectivity index is 2.57. The van der Waals surface area contributed by atoms with Crippen LogP contribution in [0.25, 0.3) is 11.3 Å². The van der Waals surface area contributed by atoms with Crippen molar-refractivity contribution in [3.05, 3.63) is 41.6 Å². The number of aryl methyl sites for hydroxylation is 1. The quantitative estimate of drug-likeness (QED) is 0.803. The number of anilines is 1. The molecule has 2 N–H and O–H groups in total. The molecule has 16 heavy (non-hydrogen) atoms. The first-order chi connectivity index (χ1) is 7.54. The largest absolute Gasteiger partial charge is 0.368 e. The van der Waals surface area contributed by atoms with E-state index in [2.05, 4.69) is 9.97 Å². The number of aromatic nitrogens is 2. The molecule has 0 aliphatic carbocycles. The first kappa shape index (κ1) is 10.5. The molecule has 0 unspecified atom stereocenters. The van der Waals surface area contributed by atoms with Crippen molar-refractivity contribution in [3.63, 3.8) is 0 Å². The summed E-state index contributed by atoms with van der Waals surface area (Å²) in [4.78, 5) is 7.80. The van der Waals surface area contributed by atoms with Gasteiger partial charge in [-0.1, -0.05) is 0 Å². The van der Waals surface area contributed by atoms with Crippen LogP contribution in [0.4, 0.5) is 14.7 Å². The van der Waals surface area contributed by atoms with E-state index in [4.69, 9.17) is 5.73 Å². The number of benzene rings is 1. The molecule has 0 aliphatic heterocycles. The Hall–Kier alpha value is -2.04. The highest BCUT2D eigenvalue weighted by Crippen LogP contribution is 2.20. The van der Waals surface area contributed by atoms with Crippen LogP contribution in [0.1, 0.15) is 5.69 Å². The van der Waals surface area contributed by atoms with Crippen molar-refractivity contribution in [2.45, 2.75) is 6.92 Å². The molecule has 5 heteroatoms. The minimum atomic E-state index is -0.648. The first-order valence-corrected chi connectivity index (χ1v) is 4.62. The second-order valence-corrected chi connectivity index (χ2v) is 3.41. The van der Waals surface area contributed by atoms with E-state index >= 15 is 0 Å². The summed E-state index contributed by atoms with van der Waals surface area (Å²) >= 11 is 0. The smallest absolute Gasteiger partial charge is 0.220 e. The van der Waals surface area contributed by atoms with Crippen LogP contribution in [-0.4, -0.2) is 9.97 Å². The van der Waals surface area contributed by atoms with Gasteiger partial charge < -0.3 is 5.73 Å². The fourth-order valence-electron chi connectivity index (χ4n) is 1.44. The van der Waals surface area contributed by atoms with Gasteiger partial charge in [0, 0.05) is 17.3 Å². The highest BCUT2D eigenvalue weighted by Gasteiger charge is 2.06. The van der Waals surface area contributed by atoms with Crippen molar-refractivity contribution < 1.29 is 8.78 Å². The van der Waals surface area contributed by atoms with Crippen LogP contribution >= 0.6 is 0 Å². The molecule has 2 aromatic rings. The predicted molar refractivity (Wildman–Crippen MR) is 56.5 cm³/mol. The van der Waals surface area contributed by atoms with Gasteiger partial charge in [0.15, 0.2) is 0 Å². The van der Waals surface area contributed by atoms with E-state index in [0.29, 0.717) is 17.0 Å².